The minimum atomic E-state index is 0.426. The van der Waals surface area contributed by atoms with Crippen LogP contribution in [-0.4, -0.2) is 18.3 Å². The van der Waals surface area contributed by atoms with Gasteiger partial charge in [-0.25, -0.2) is 0 Å². The first kappa shape index (κ1) is 11.3. The van der Waals surface area contributed by atoms with Crippen LogP contribution in [0.5, 0.6) is 0 Å². The van der Waals surface area contributed by atoms with Gasteiger partial charge in [-0.3, -0.25) is 0 Å². The molecule has 4 saturated carbocycles. The lowest BCUT2D eigenvalue weighted by molar-refractivity contribution is 0.0300. The largest absolute Gasteiger partial charge is 0.502 e. The summed E-state index contributed by atoms with van der Waals surface area (Å²) in [6.07, 6.45) is 7.18. The Kier molecular flexibility index (Phi) is 2.52. The Bertz CT molecular complexity index is 353. The Labute approximate surface area is 109 Å². The molecule has 0 amide bonds. The lowest BCUT2D eigenvalue weighted by atomic mass is 9.65. The van der Waals surface area contributed by atoms with Gasteiger partial charge in [0, 0.05) is 6.61 Å². The molecular formula is C16H24O2. The summed E-state index contributed by atoms with van der Waals surface area (Å²) in [6, 6.07) is 0. The van der Waals surface area contributed by atoms with Gasteiger partial charge in [-0.2, -0.15) is 0 Å². The van der Waals surface area contributed by atoms with Crippen LogP contribution in [0.15, 0.2) is 12.8 Å². The molecule has 4 bridgehead atoms. The van der Waals surface area contributed by atoms with Gasteiger partial charge in [-0.05, 0) is 73.0 Å². The van der Waals surface area contributed by atoms with Gasteiger partial charge in [-0.1, -0.05) is 6.58 Å². The lowest BCUT2D eigenvalue weighted by Crippen LogP contribution is -2.37. The lowest BCUT2D eigenvalue weighted by Gasteiger charge is -2.41. The maximum atomic E-state index is 9.55. The molecule has 1 N–H and O–H groups in total. The van der Waals surface area contributed by atoms with Crippen molar-refractivity contribution in [2.24, 2.45) is 47.3 Å². The average molecular weight is 248 g/mol. The van der Waals surface area contributed by atoms with Crippen LogP contribution >= 0.6 is 0 Å². The van der Waals surface area contributed by atoms with E-state index in [1.54, 1.807) is 6.26 Å². The summed E-state index contributed by atoms with van der Waals surface area (Å²) in [5.41, 5.74) is 0. The maximum Gasteiger partial charge on any atom is 0.0903 e. The molecule has 0 aromatic heterocycles. The summed E-state index contributed by atoms with van der Waals surface area (Å²) in [6.45, 7) is 4.97. The molecule has 0 saturated heterocycles. The fourth-order valence-electron chi connectivity index (χ4n) is 6.47. The van der Waals surface area contributed by atoms with E-state index in [0.717, 1.165) is 48.0 Å². The Morgan fingerprint density at radius 1 is 1.00 bits per heavy atom. The smallest absolute Gasteiger partial charge is 0.0903 e. The van der Waals surface area contributed by atoms with E-state index in [1.807, 2.05) is 0 Å². The van der Waals surface area contributed by atoms with Gasteiger partial charge in [-0.15, -0.1) is 0 Å². The standard InChI is InChI=1S/C16H24O2/c1-2-18-8-12-4-10-6-14(12)16-13-5-9(15(10)16)3-11(13)7-17/h2,9-17H,1,3-8H2. The molecule has 4 fully saturated rings. The normalized spacial score (nSPS) is 55.8. The number of hydrogen-bond donors (Lipinski definition) is 1. The van der Waals surface area contributed by atoms with Gasteiger partial charge in [0.25, 0.3) is 0 Å². The van der Waals surface area contributed by atoms with Crippen molar-refractivity contribution in [1.29, 1.82) is 0 Å². The first-order chi connectivity index (χ1) is 8.83. The van der Waals surface area contributed by atoms with E-state index in [9.17, 15) is 5.11 Å². The molecule has 0 aliphatic heterocycles. The van der Waals surface area contributed by atoms with E-state index in [2.05, 4.69) is 6.58 Å². The molecule has 8 unspecified atom stereocenters. The van der Waals surface area contributed by atoms with Crippen LogP contribution in [0.4, 0.5) is 0 Å². The molecule has 0 radical (unpaired) electrons. The Morgan fingerprint density at radius 3 is 2.33 bits per heavy atom. The third kappa shape index (κ3) is 1.33. The number of fused-ring (bicyclic) bond motifs is 9. The second-order valence-electron chi connectivity index (χ2n) is 7.15. The van der Waals surface area contributed by atoms with Crippen LogP contribution in [0.25, 0.3) is 0 Å². The summed E-state index contributed by atoms with van der Waals surface area (Å²) >= 11 is 0. The quantitative estimate of drug-likeness (QED) is 0.612. The predicted molar refractivity (Wildman–Crippen MR) is 69.6 cm³/mol. The van der Waals surface area contributed by atoms with Crippen molar-refractivity contribution in [1.82, 2.24) is 0 Å². The van der Waals surface area contributed by atoms with Crippen LogP contribution in [0.1, 0.15) is 25.7 Å². The van der Waals surface area contributed by atoms with Crippen LogP contribution in [-0.2, 0) is 4.74 Å². The van der Waals surface area contributed by atoms with E-state index in [0.29, 0.717) is 12.5 Å². The fraction of sp³-hybridized carbons (Fsp3) is 0.875. The van der Waals surface area contributed by atoms with E-state index >= 15 is 0 Å². The Balaban J connectivity index is 1.53. The van der Waals surface area contributed by atoms with Gasteiger partial charge in [0.1, 0.15) is 0 Å². The van der Waals surface area contributed by atoms with Gasteiger partial charge in [0.05, 0.1) is 12.9 Å². The maximum absolute atomic E-state index is 9.55. The van der Waals surface area contributed by atoms with Crippen LogP contribution in [0.2, 0.25) is 0 Å². The summed E-state index contributed by atoms with van der Waals surface area (Å²) in [5.74, 6) is 7.00. The van der Waals surface area contributed by atoms with Crippen molar-refractivity contribution in [2.75, 3.05) is 13.2 Å². The fourth-order valence-corrected chi connectivity index (χ4v) is 6.47. The van der Waals surface area contributed by atoms with Crippen molar-refractivity contribution in [3.05, 3.63) is 12.8 Å². The number of aliphatic hydroxyl groups excluding tert-OH is 1. The molecule has 2 nitrogen and oxygen atoms in total. The van der Waals surface area contributed by atoms with Crippen LogP contribution < -0.4 is 0 Å². The van der Waals surface area contributed by atoms with E-state index in [4.69, 9.17) is 4.74 Å². The molecule has 4 aliphatic carbocycles. The highest BCUT2D eigenvalue weighted by molar-refractivity contribution is 5.12. The highest BCUT2D eigenvalue weighted by atomic mass is 16.5. The van der Waals surface area contributed by atoms with Crippen LogP contribution in [0, 0.1) is 47.3 Å². The zero-order chi connectivity index (χ0) is 12.3. The molecule has 100 valence electrons. The van der Waals surface area contributed by atoms with Crippen molar-refractivity contribution in [3.8, 4) is 0 Å². The summed E-state index contributed by atoms with van der Waals surface area (Å²) in [4.78, 5) is 0. The Hall–Kier alpha value is -0.500. The molecule has 0 aromatic rings. The SMILES string of the molecule is C=COCC1CC2CC1C1C3CC(CC3CO)C21. The van der Waals surface area contributed by atoms with Gasteiger partial charge in [0.15, 0.2) is 0 Å². The first-order valence-corrected chi connectivity index (χ1v) is 7.66. The number of ether oxygens (including phenoxy) is 1. The molecule has 8 atom stereocenters. The zero-order valence-electron chi connectivity index (χ0n) is 11.0. The van der Waals surface area contributed by atoms with E-state index < -0.39 is 0 Å². The molecule has 18 heavy (non-hydrogen) atoms. The number of aliphatic hydroxyl groups is 1. The average Bonchev–Trinajstić information content (AvgIpc) is 3.11. The second-order valence-corrected chi connectivity index (χ2v) is 7.15. The second kappa shape index (κ2) is 4.00. The molecule has 0 heterocycles. The molecule has 0 aromatic carbocycles. The van der Waals surface area contributed by atoms with E-state index in [1.165, 1.54) is 25.7 Å². The van der Waals surface area contributed by atoms with Crippen molar-refractivity contribution >= 4 is 0 Å². The zero-order valence-corrected chi connectivity index (χ0v) is 11.0. The van der Waals surface area contributed by atoms with Crippen molar-refractivity contribution in [3.63, 3.8) is 0 Å². The van der Waals surface area contributed by atoms with Gasteiger partial charge >= 0.3 is 0 Å². The molecule has 0 spiro atoms. The van der Waals surface area contributed by atoms with Gasteiger partial charge < -0.3 is 9.84 Å². The Morgan fingerprint density at radius 2 is 1.67 bits per heavy atom. The van der Waals surface area contributed by atoms with Crippen LogP contribution in [0.3, 0.4) is 0 Å². The monoisotopic (exact) mass is 248 g/mol. The highest BCUT2D eigenvalue weighted by Crippen LogP contribution is 2.69. The molecule has 4 aliphatic rings. The van der Waals surface area contributed by atoms with Gasteiger partial charge in [0.2, 0.25) is 0 Å². The minimum Gasteiger partial charge on any atom is -0.502 e. The molecular weight excluding hydrogens is 224 g/mol. The van der Waals surface area contributed by atoms with Crippen molar-refractivity contribution in [2.45, 2.75) is 25.7 Å². The summed E-state index contributed by atoms with van der Waals surface area (Å²) < 4.78 is 5.47. The number of hydrogen-bond acceptors (Lipinski definition) is 2. The highest BCUT2D eigenvalue weighted by Gasteiger charge is 2.64. The molecule has 4 rings (SSSR count). The first-order valence-electron chi connectivity index (χ1n) is 7.66. The van der Waals surface area contributed by atoms with E-state index in [-0.39, 0.29) is 0 Å². The third-order valence-corrected chi connectivity index (χ3v) is 6.76. The predicted octanol–water partition coefficient (Wildman–Crippen LogP) is 2.68. The van der Waals surface area contributed by atoms with Crippen molar-refractivity contribution < 1.29 is 9.84 Å². The summed E-state index contributed by atoms with van der Waals surface area (Å²) in [7, 11) is 0. The molecule has 2 heteroatoms. The summed E-state index contributed by atoms with van der Waals surface area (Å²) in [5, 5.41) is 9.55. The topological polar surface area (TPSA) is 29.5 Å². The number of rotatable bonds is 4. The third-order valence-electron chi connectivity index (χ3n) is 6.76. The minimum absolute atomic E-state index is 0.426.